The van der Waals surface area contributed by atoms with Gasteiger partial charge in [0.25, 0.3) is 11.8 Å². The van der Waals surface area contributed by atoms with Crippen molar-refractivity contribution in [2.24, 2.45) is 0 Å². The molecular weight excluding hydrogens is 330 g/mol. The molecule has 2 N–H and O–H groups in total. The molecule has 0 aliphatic rings. The molecule has 0 saturated carbocycles. The van der Waals surface area contributed by atoms with E-state index in [2.05, 4.69) is 15.6 Å². The molecule has 0 spiro atoms. The summed E-state index contributed by atoms with van der Waals surface area (Å²) in [4.78, 5) is 28.9. The summed E-state index contributed by atoms with van der Waals surface area (Å²) in [5.74, 6) is -0.120. The molecule has 138 valence electrons. The number of nitrogens with zero attached hydrogens (tertiary/aromatic N) is 1. The van der Waals surface area contributed by atoms with E-state index in [0.29, 0.717) is 29.3 Å². The fraction of sp³-hybridized carbons (Fsp3) is 0.350. The second-order valence-electron chi connectivity index (χ2n) is 6.05. The van der Waals surface area contributed by atoms with E-state index >= 15 is 0 Å². The Bertz CT molecular complexity index is 772. The molecule has 1 aromatic heterocycles. The maximum Gasteiger partial charge on any atom is 0.261 e. The summed E-state index contributed by atoms with van der Waals surface area (Å²) < 4.78 is 5.45. The lowest BCUT2D eigenvalue weighted by Gasteiger charge is -2.12. The lowest BCUT2D eigenvalue weighted by molar-refractivity contribution is 0.0938. The van der Waals surface area contributed by atoms with Crippen LogP contribution in [0.5, 0.6) is 5.88 Å². The molecule has 1 aromatic carbocycles. The maximum absolute atomic E-state index is 12.5. The van der Waals surface area contributed by atoms with Crippen molar-refractivity contribution in [2.45, 2.75) is 40.2 Å². The highest BCUT2D eigenvalue weighted by atomic mass is 16.5. The molecule has 0 unspecified atom stereocenters. The fourth-order valence-electron chi connectivity index (χ4n) is 2.26. The minimum atomic E-state index is -0.308. The maximum atomic E-state index is 12.5. The average molecular weight is 355 g/mol. The number of carbonyl (C=O) groups is 2. The number of rotatable bonds is 7. The van der Waals surface area contributed by atoms with Crippen LogP contribution < -0.4 is 15.4 Å². The van der Waals surface area contributed by atoms with Gasteiger partial charge in [-0.15, -0.1) is 0 Å². The molecule has 0 aliphatic heterocycles. The van der Waals surface area contributed by atoms with E-state index in [-0.39, 0.29) is 17.9 Å². The van der Waals surface area contributed by atoms with Crippen molar-refractivity contribution < 1.29 is 14.3 Å². The van der Waals surface area contributed by atoms with Crippen LogP contribution in [0.15, 0.2) is 36.4 Å². The Morgan fingerprint density at radius 1 is 1.08 bits per heavy atom. The number of aryl methyl sites for hydroxylation is 1. The lowest BCUT2D eigenvalue weighted by Crippen LogP contribution is -2.31. The van der Waals surface area contributed by atoms with Gasteiger partial charge in [-0.05, 0) is 63.6 Å². The minimum absolute atomic E-state index is 0.118. The second kappa shape index (κ2) is 8.99. The monoisotopic (exact) mass is 355 g/mol. The highest BCUT2D eigenvalue weighted by Crippen LogP contribution is 2.19. The van der Waals surface area contributed by atoms with E-state index in [1.165, 1.54) is 0 Å². The smallest absolute Gasteiger partial charge is 0.261 e. The Hall–Kier alpha value is -2.89. The van der Waals surface area contributed by atoms with E-state index in [4.69, 9.17) is 4.74 Å². The van der Waals surface area contributed by atoms with Crippen molar-refractivity contribution >= 4 is 17.5 Å². The Morgan fingerprint density at radius 2 is 1.77 bits per heavy atom. The molecule has 2 aromatic rings. The normalized spacial score (nSPS) is 11.5. The number of amides is 2. The zero-order chi connectivity index (χ0) is 19.1. The van der Waals surface area contributed by atoms with Crippen molar-refractivity contribution in [2.75, 3.05) is 11.9 Å². The molecule has 1 heterocycles. The summed E-state index contributed by atoms with van der Waals surface area (Å²) in [5.41, 5.74) is 2.30. The molecule has 0 saturated heterocycles. The van der Waals surface area contributed by atoms with Crippen LogP contribution in [0.1, 0.15) is 53.6 Å². The molecule has 0 aliphatic carbocycles. The van der Waals surface area contributed by atoms with Gasteiger partial charge in [0, 0.05) is 23.0 Å². The summed E-state index contributed by atoms with van der Waals surface area (Å²) in [6.45, 7) is 8.08. The van der Waals surface area contributed by atoms with Crippen LogP contribution in [0.25, 0.3) is 0 Å². The molecule has 2 rings (SSSR count). The van der Waals surface area contributed by atoms with Crippen LogP contribution in [0.4, 0.5) is 5.69 Å². The molecule has 1 atom stereocenters. The number of anilines is 1. The fourth-order valence-corrected chi connectivity index (χ4v) is 2.26. The van der Waals surface area contributed by atoms with E-state index in [1.54, 1.807) is 36.4 Å². The number of carbonyl (C=O) groups excluding carboxylic acids is 2. The van der Waals surface area contributed by atoms with Crippen LogP contribution >= 0.6 is 0 Å². The van der Waals surface area contributed by atoms with Crippen LogP contribution in [-0.2, 0) is 0 Å². The van der Waals surface area contributed by atoms with Gasteiger partial charge in [-0.2, -0.15) is 0 Å². The van der Waals surface area contributed by atoms with Gasteiger partial charge in [-0.1, -0.05) is 6.92 Å². The molecule has 6 nitrogen and oxygen atoms in total. The first-order valence-corrected chi connectivity index (χ1v) is 8.77. The molecule has 0 bridgehead atoms. The summed E-state index contributed by atoms with van der Waals surface area (Å²) >= 11 is 0. The number of aromatic nitrogens is 1. The van der Waals surface area contributed by atoms with Crippen molar-refractivity contribution in [3.05, 3.63) is 53.2 Å². The van der Waals surface area contributed by atoms with E-state index in [0.717, 1.165) is 12.1 Å². The third kappa shape index (κ3) is 5.05. The van der Waals surface area contributed by atoms with Gasteiger partial charge in [0.15, 0.2) is 0 Å². The third-order valence-corrected chi connectivity index (χ3v) is 3.92. The van der Waals surface area contributed by atoms with Crippen LogP contribution in [0, 0.1) is 6.92 Å². The van der Waals surface area contributed by atoms with E-state index in [1.807, 2.05) is 27.7 Å². The number of nitrogens with one attached hydrogen (secondary N) is 2. The SMILES string of the molecule is CCOc1nc(C)ccc1C(=O)Nc1ccc(C(=O)N[C@@H](C)CC)cc1. The van der Waals surface area contributed by atoms with E-state index in [9.17, 15) is 9.59 Å². The summed E-state index contributed by atoms with van der Waals surface area (Å²) in [6.07, 6.45) is 0.868. The first kappa shape index (κ1) is 19.4. The number of pyridine rings is 1. The van der Waals surface area contributed by atoms with Gasteiger partial charge >= 0.3 is 0 Å². The molecular formula is C20H25N3O3. The molecule has 2 amide bonds. The van der Waals surface area contributed by atoms with Gasteiger partial charge in [-0.3, -0.25) is 9.59 Å². The largest absolute Gasteiger partial charge is 0.477 e. The minimum Gasteiger partial charge on any atom is -0.477 e. The van der Waals surface area contributed by atoms with Gasteiger partial charge in [-0.25, -0.2) is 4.98 Å². The Balaban J connectivity index is 2.09. The Labute approximate surface area is 154 Å². The number of hydrogen-bond acceptors (Lipinski definition) is 4. The summed E-state index contributed by atoms with van der Waals surface area (Å²) in [5, 5.41) is 5.71. The highest BCUT2D eigenvalue weighted by molar-refractivity contribution is 6.06. The van der Waals surface area contributed by atoms with Crippen LogP contribution in [0.3, 0.4) is 0 Å². The average Bonchev–Trinajstić information content (AvgIpc) is 2.62. The molecule has 26 heavy (non-hydrogen) atoms. The van der Waals surface area contributed by atoms with Crippen LogP contribution in [0.2, 0.25) is 0 Å². The van der Waals surface area contributed by atoms with Gasteiger partial charge in [0.05, 0.1) is 6.61 Å². The first-order valence-electron chi connectivity index (χ1n) is 8.77. The molecule has 0 fully saturated rings. The quantitative estimate of drug-likeness (QED) is 0.796. The zero-order valence-corrected chi connectivity index (χ0v) is 15.6. The topological polar surface area (TPSA) is 80.3 Å². The number of benzene rings is 1. The third-order valence-electron chi connectivity index (χ3n) is 3.92. The summed E-state index contributed by atoms with van der Waals surface area (Å²) in [6, 6.07) is 10.3. The van der Waals surface area contributed by atoms with Crippen molar-refractivity contribution in [3.63, 3.8) is 0 Å². The van der Waals surface area contributed by atoms with Gasteiger partial charge in [0.2, 0.25) is 5.88 Å². The second-order valence-corrected chi connectivity index (χ2v) is 6.05. The first-order chi connectivity index (χ1) is 12.4. The molecule has 6 heteroatoms. The van der Waals surface area contributed by atoms with Crippen molar-refractivity contribution in [1.29, 1.82) is 0 Å². The van der Waals surface area contributed by atoms with Gasteiger partial charge in [0.1, 0.15) is 5.56 Å². The summed E-state index contributed by atoms with van der Waals surface area (Å²) in [7, 11) is 0. The molecule has 0 radical (unpaired) electrons. The Kier molecular flexibility index (Phi) is 6.72. The van der Waals surface area contributed by atoms with Crippen molar-refractivity contribution in [1.82, 2.24) is 10.3 Å². The number of hydrogen-bond donors (Lipinski definition) is 2. The predicted molar refractivity (Wildman–Crippen MR) is 102 cm³/mol. The Morgan fingerprint density at radius 3 is 2.38 bits per heavy atom. The number of ether oxygens (including phenoxy) is 1. The highest BCUT2D eigenvalue weighted by Gasteiger charge is 2.15. The van der Waals surface area contributed by atoms with Crippen molar-refractivity contribution in [3.8, 4) is 5.88 Å². The van der Waals surface area contributed by atoms with Gasteiger partial charge < -0.3 is 15.4 Å². The van der Waals surface area contributed by atoms with Crippen LogP contribution in [-0.4, -0.2) is 29.4 Å². The predicted octanol–water partition coefficient (Wildman–Crippen LogP) is 3.57. The standard InChI is InChI=1S/C20H25N3O3/c1-5-13(3)21-18(24)15-8-10-16(11-9-15)23-19(25)17-12-7-14(4)22-20(17)26-6-2/h7-13H,5-6H2,1-4H3,(H,21,24)(H,23,25)/t13-/m0/s1. The zero-order valence-electron chi connectivity index (χ0n) is 15.6. The lowest BCUT2D eigenvalue weighted by atomic mass is 10.1. The van der Waals surface area contributed by atoms with E-state index < -0.39 is 0 Å².